The summed E-state index contributed by atoms with van der Waals surface area (Å²) in [4.78, 5) is 31.2. The Kier molecular flexibility index (Phi) is 17.3. The fourth-order valence-corrected chi connectivity index (χ4v) is 4.76. The van der Waals surface area contributed by atoms with Gasteiger partial charge in [0, 0.05) is 55.2 Å². The normalized spacial score (nSPS) is 15.6. The highest BCUT2D eigenvalue weighted by molar-refractivity contribution is 7.09. The van der Waals surface area contributed by atoms with E-state index in [2.05, 4.69) is 60.0 Å². The van der Waals surface area contributed by atoms with Gasteiger partial charge in [-0.2, -0.15) is 5.26 Å². The van der Waals surface area contributed by atoms with E-state index >= 15 is 0 Å². The van der Waals surface area contributed by atoms with Crippen LogP contribution in [0.15, 0.2) is 40.4 Å². The van der Waals surface area contributed by atoms with E-state index in [1.165, 1.54) is 9.78 Å². The Bertz CT molecular complexity index is 1190. The Labute approximate surface area is 252 Å². The van der Waals surface area contributed by atoms with Crippen LogP contribution in [0.2, 0.25) is 0 Å². The molecular weight excluding hydrogens is 532 g/mol. The molecule has 2 amide bonds. The van der Waals surface area contributed by atoms with E-state index < -0.39 is 5.41 Å². The predicted octanol–water partition coefficient (Wildman–Crippen LogP) is 7.34. The molecule has 9 heteroatoms. The number of aromatic nitrogens is 2. The molecule has 1 atom stereocenters. The summed E-state index contributed by atoms with van der Waals surface area (Å²) < 4.78 is 1.81. The predicted molar refractivity (Wildman–Crippen MR) is 173 cm³/mol. The summed E-state index contributed by atoms with van der Waals surface area (Å²) in [6.07, 6.45) is 4.23. The molecule has 41 heavy (non-hydrogen) atoms. The number of aryl methyl sites for hydroxylation is 2. The van der Waals surface area contributed by atoms with Gasteiger partial charge in [-0.15, -0.1) is 11.3 Å². The van der Waals surface area contributed by atoms with Crippen molar-refractivity contribution >= 4 is 29.5 Å². The average molecular weight is 585 g/mol. The summed E-state index contributed by atoms with van der Waals surface area (Å²) in [5.74, 6) is 1.17. The van der Waals surface area contributed by atoms with Crippen molar-refractivity contribution in [2.75, 3.05) is 26.0 Å². The Hall–Kier alpha value is -3.38. The first kappa shape index (κ1) is 37.6. The van der Waals surface area contributed by atoms with Crippen molar-refractivity contribution in [3.05, 3.63) is 56.8 Å². The van der Waals surface area contributed by atoms with Gasteiger partial charge in [0.1, 0.15) is 5.82 Å². The van der Waals surface area contributed by atoms with Crippen molar-refractivity contribution in [3.63, 3.8) is 0 Å². The fourth-order valence-electron chi connectivity index (χ4n) is 4.23. The molecule has 2 N–H and O–H groups in total. The minimum atomic E-state index is -0.613. The van der Waals surface area contributed by atoms with Gasteiger partial charge >= 0.3 is 0 Å². The zero-order chi connectivity index (χ0) is 31.8. The first-order chi connectivity index (χ1) is 19.5. The number of nitrogens with zero attached hydrogens (tertiary/aromatic N) is 4. The van der Waals surface area contributed by atoms with E-state index in [9.17, 15) is 14.9 Å². The third-order valence-electron chi connectivity index (χ3n) is 6.67. The lowest BCUT2D eigenvalue weighted by Crippen LogP contribution is -2.35. The standard InChI is InChI=1S/C23H34N6O2.C5H6S.2C2H6/c1-15(2)10-11-25-19-9-8-18(12-24)23(5,16(19)3)13-29-17(4)27-21(26-14-30)20(29)22(31)28(6)7;1-5-3-2-4-6-5;2*1-2/h8,14-15,25H,9-11,13H2,1-7H3,(H,26,30);2-4H,1H3;2*1-2H3. The quantitative estimate of drug-likeness (QED) is 0.300. The van der Waals surface area contributed by atoms with Crippen molar-refractivity contribution in [3.8, 4) is 6.07 Å². The minimum absolute atomic E-state index is 0.227. The maximum Gasteiger partial charge on any atom is 0.273 e. The third-order valence-corrected chi connectivity index (χ3v) is 7.47. The zero-order valence-corrected chi connectivity index (χ0v) is 28.1. The van der Waals surface area contributed by atoms with Crippen LogP contribution in [0.4, 0.5) is 5.82 Å². The molecule has 3 rings (SSSR count). The first-order valence-electron chi connectivity index (χ1n) is 14.5. The molecule has 0 spiro atoms. The van der Waals surface area contributed by atoms with Crippen LogP contribution in [-0.4, -0.2) is 47.4 Å². The molecule has 0 saturated carbocycles. The van der Waals surface area contributed by atoms with Gasteiger partial charge in [0.25, 0.3) is 5.91 Å². The van der Waals surface area contributed by atoms with Crippen LogP contribution in [0.25, 0.3) is 0 Å². The number of hydrogen-bond donors (Lipinski definition) is 2. The van der Waals surface area contributed by atoms with Crippen LogP contribution in [0, 0.1) is 36.5 Å². The van der Waals surface area contributed by atoms with Gasteiger partial charge in [0.15, 0.2) is 11.5 Å². The number of anilines is 1. The number of carbonyl (C=O) groups is 2. The van der Waals surface area contributed by atoms with Crippen molar-refractivity contribution in [1.29, 1.82) is 5.26 Å². The van der Waals surface area contributed by atoms with Gasteiger partial charge in [-0.05, 0) is 57.1 Å². The van der Waals surface area contributed by atoms with E-state index in [-0.39, 0.29) is 11.7 Å². The monoisotopic (exact) mass is 584 g/mol. The van der Waals surface area contributed by atoms with Crippen LogP contribution in [0.5, 0.6) is 0 Å². The Balaban J connectivity index is 0.00000137. The van der Waals surface area contributed by atoms with E-state index in [0.29, 0.717) is 42.4 Å². The lowest BCUT2D eigenvalue weighted by Gasteiger charge is -2.37. The van der Waals surface area contributed by atoms with Crippen LogP contribution in [0.3, 0.4) is 0 Å². The van der Waals surface area contributed by atoms with Crippen LogP contribution < -0.4 is 10.6 Å². The fraction of sp³-hybridized carbons (Fsp3) is 0.562. The summed E-state index contributed by atoms with van der Waals surface area (Å²) in [6.45, 7) is 21.6. The number of thiophene rings is 1. The summed E-state index contributed by atoms with van der Waals surface area (Å²) in [5, 5.41) is 18.0. The molecule has 228 valence electrons. The topological polar surface area (TPSA) is 103 Å². The Morgan fingerprint density at radius 1 is 1.24 bits per heavy atom. The number of carbonyl (C=O) groups excluding carboxylic acids is 2. The molecule has 1 aliphatic carbocycles. The summed E-state index contributed by atoms with van der Waals surface area (Å²) >= 11 is 1.78. The lowest BCUT2D eigenvalue weighted by molar-refractivity contribution is -0.105. The highest BCUT2D eigenvalue weighted by Crippen LogP contribution is 2.43. The number of nitrogens with one attached hydrogen (secondary N) is 2. The van der Waals surface area contributed by atoms with Gasteiger partial charge in [-0.25, -0.2) is 4.98 Å². The molecule has 0 bridgehead atoms. The molecule has 2 aromatic rings. The van der Waals surface area contributed by atoms with Gasteiger partial charge in [0.2, 0.25) is 6.41 Å². The maximum atomic E-state index is 12.9. The SMILES string of the molecule is CC.CC.CC1=C(NCCC(C)C)CC=C(C#N)C1(C)Cn1c(C)nc(NC=O)c1C(=O)N(C)C.Cc1cccs1. The van der Waals surface area contributed by atoms with E-state index in [4.69, 9.17) is 0 Å². The zero-order valence-electron chi connectivity index (χ0n) is 27.3. The summed E-state index contributed by atoms with van der Waals surface area (Å²) in [7, 11) is 3.31. The van der Waals surface area contributed by atoms with Crippen molar-refractivity contribution in [2.45, 2.75) is 88.6 Å². The van der Waals surface area contributed by atoms with E-state index in [1.807, 2.05) is 47.6 Å². The molecule has 2 aromatic heterocycles. The van der Waals surface area contributed by atoms with E-state index in [1.54, 1.807) is 36.9 Å². The number of rotatable bonds is 9. The lowest BCUT2D eigenvalue weighted by atomic mass is 9.71. The van der Waals surface area contributed by atoms with E-state index in [0.717, 1.165) is 24.2 Å². The number of amides is 2. The van der Waals surface area contributed by atoms with Crippen LogP contribution in [-0.2, 0) is 11.3 Å². The molecule has 0 saturated heterocycles. The third kappa shape index (κ3) is 10.5. The molecule has 0 aromatic carbocycles. The molecule has 1 unspecified atom stereocenters. The molecule has 1 aliphatic rings. The number of allylic oxidation sites excluding steroid dienone is 3. The summed E-state index contributed by atoms with van der Waals surface area (Å²) in [6, 6.07) is 6.52. The second kappa shape index (κ2) is 18.9. The summed E-state index contributed by atoms with van der Waals surface area (Å²) in [5.41, 5.74) is 2.56. The Morgan fingerprint density at radius 3 is 2.32 bits per heavy atom. The van der Waals surface area contributed by atoms with Crippen LogP contribution in [0.1, 0.15) is 89.4 Å². The molecule has 0 radical (unpaired) electrons. The molecule has 0 aliphatic heterocycles. The van der Waals surface area contributed by atoms with Crippen molar-refractivity contribution in [1.82, 2.24) is 19.8 Å². The molecule has 2 heterocycles. The molecule has 8 nitrogen and oxygen atoms in total. The molecular formula is C32H52N6O2S. The largest absolute Gasteiger partial charge is 0.388 e. The maximum absolute atomic E-state index is 12.9. The highest BCUT2D eigenvalue weighted by atomic mass is 32.1. The number of nitriles is 1. The van der Waals surface area contributed by atoms with Gasteiger partial charge in [-0.3, -0.25) is 9.59 Å². The van der Waals surface area contributed by atoms with Gasteiger partial charge in [0.05, 0.1) is 6.07 Å². The Morgan fingerprint density at radius 2 is 1.88 bits per heavy atom. The second-order valence-electron chi connectivity index (χ2n) is 10.1. The van der Waals surface area contributed by atoms with Crippen molar-refractivity contribution < 1.29 is 9.59 Å². The van der Waals surface area contributed by atoms with Crippen molar-refractivity contribution in [2.24, 2.45) is 11.3 Å². The van der Waals surface area contributed by atoms with Gasteiger partial charge in [-0.1, -0.05) is 53.7 Å². The number of imidazole rings is 1. The number of hydrogen-bond acceptors (Lipinski definition) is 6. The first-order valence-corrected chi connectivity index (χ1v) is 15.4. The highest BCUT2D eigenvalue weighted by Gasteiger charge is 2.38. The molecule has 0 fully saturated rings. The van der Waals surface area contributed by atoms with Crippen LogP contribution >= 0.6 is 11.3 Å². The van der Waals surface area contributed by atoms with Gasteiger partial charge < -0.3 is 20.1 Å². The average Bonchev–Trinajstić information content (AvgIpc) is 3.55. The second-order valence-corrected chi connectivity index (χ2v) is 11.3. The smallest absolute Gasteiger partial charge is 0.273 e. The minimum Gasteiger partial charge on any atom is -0.388 e.